The second kappa shape index (κ2) is 8.98. The van der Waals surface area contributed by atoms with Crippen LogP contribution < -0.4 is 0 Å². The third-order valence-electron chi connectivity index (χ3n) is 4.47. The monoisotopic (exact) mass is 404 g/mol. The molecule has 136 valence electrons. The van der Waals surface area contributed by atoms with E-state index in [9.17, 15) is 0 Å². The van der Waals surface area contributed by atoms with Gasteiger partial charge < -0.3 is 4.57 Å². The zero-order valence-electron chi connectivity index (χ0n) is 14.7. The second-order valence-corrected chi connectivity index (χ2v) is 9.10. The van der Waals surface area contributed by atoms with Crippen molar-refractivity contribution >= 4 is 35.0 Å². The smallest absolute Gasteiger partial charge is 0.0946 e. The van der Waals surface area contributed by atoms with E-state index in [1.165, 1.54) is 11.1 Å². The summed E-state index contributed by atoms with van der Waals surface area (Å²) < 4.78 is 2.22. The summed E-state index contributed by atoms with van der Waals surface area (Å²) >= 11 is 14.3. The first kappa shape index (κ1) is 19.3. The highest BCUT2D eigenvalue weighted by Crippen LogP contribution is 2.36. The first-order valence-electron chi connectivity index (χ1n) is 8.62. The Morgan fingerprint density at radius 1 is 1.08 bits per heavy atom. The lowest BCUT2D eigenvalue weighted by atomic mass is 10.00. The minimum Gasteiger partial charge on any atom is -0.336 e. The molecule has 0 N–H and O–H groups in total. The van der Waals surface area contributed by atoms with Crippen LogP contribution in [0.3, 0.4) is 0 Å². The van der Waals surface area contributed by atoms with Crippen molar-refractivity contribution in [1.29, 1.82) is 0 Å². The van der Waals surface area contributed by atoms with Gasteiger partial charge in [0.25, 0.3) is 0 Å². The number of halogens is 2. The Morgan fingerprint density at radius 2 is 1.85 bits per heavy atom. The number of rotatable bonds is 8. The molecule has 3 aromatic rings. The fourth-order valence-corrected chi connectivity index (χ4v) is 4.54. The third-order valence-corrected chi connectivity index (χ3v) is 6.57. The first-order valence-corrected chi connectivity index (χ1v) is 10.4. The highest BCUT2D eigenvalue weighted by molar-refractivity contribution is 7.99. The molecular formula is C21H22Cl2N2S. The van der Waals surface area contributed by atoms with E-state index >= 15 is 0 Å². The van der Waals surface area contributed by atoms with Crippen LogP contribution in [-0.4, -0.2) is 14.3 Å². The van der Waals surface area contributed by atoms with Gasteiger partial charge in [-0.15, -0.1) is 11.8 Å². The predicted octanol–water partition coefficient (Wildman–Crippen LogP) is 6.51. The molecule has 2 nitrogen and oxygen atoms in total. The van der Waals surface area contributed by atoms with E-state index in [1.807, 2.05) is 60.8 Å². The van der Waals surface area contributed by atoms with Crippen LogP contribution in [0, 0.1) is 0 Å². The van der Waals surface area contributed by atoms with E-state index in [0.717, 1.165) is 35.2 Å². The van der Waals surface area contributed by atoms with Crippen molar-refractivity contribution in [3.05, 3.63) is 88.4 Å². The molecule has 0 aliphatic heterocycles. The molecule has 1 atom stereocenters. The van der Waals surface area contributed by atoms with Crippen LogP contribution in [0.5, 0.6) is 0 Å². The molecule has 0 spiro atoms. The molecule has 0 fully saturated rings. The molecule has 1 aromatic heterocycles. The van der Waals surface area contributed by atoms with Crippen LogP contribution in [0.2, 0.25) is 10.0 Å². The van der Waals surface area contributed by atoms with Crippen molar-refractivity contribution in [2.75, 3.05) is 0 Å². The van der Waals surface area contributed by atoms with Gasteiger partial charge in [-0.1, -0.05) is 53.5 Å². The summed E-state index contributed by atoms with van der Waals surface area (Å²) in [5.41, 5.74) is 2.49. The van der Waals surface area contributed by atoms with Gasteiger partial charge in [-0.3, -0.25) is 0 Å². The largest absolute Gasteiger partial charge is 0.336 e. The zero-order valence-corrected chi connectivity index (χ0v) is 17.1. The molecular weight excluding hydrogens is 383 g/mol. The fourth-order valence-electron chi connectivity index (χ4n) is 2.89. The Hall–Kier alpha value is -1.42. The van der Waals surface area contributed by atoms with Crippen LogP contribution in [-0.2, 0) is 18.7 Å². The molecule has 1 unspecified atom stereocenters. The molecule has 0 radical (unpaired) electrons. The second-order valence-electron chi connectivity index (χ2n) is 6.69. The minimum atomic E-state index is 0.0690. The van der Waals surface area contributed by atoms with Gasteiger partial charge in [0.05, 0.1) is 6.33 Å². The molecule has 2 aromatic carbocycles. The number of thioether (sulfide) groups is 1. The highest BCUT2D eigenvalue weighted by Gasteiger charge is 2.26. The topological polar surface area (TPSA) is 17.8 Å². The van der Waals surface area contributed by atoms with E-state index in [2.05, 4.69) is 34.7 Å². The normalized spacial score (nSPS) is 13.5. The predicted molar refractivity (Wildman–Crippen MR) is 113 cm³/mol. The van der Waals surface area contributed by atoms with E-state index in [4.69, 9.17) is 23.2 Å². The lowest BCUT2D eigenvalue weighted by Gasteiger charge is -2.30. The first-order chi connectivity index (χ1) is 12.5. The highest BCUT2D eigenvalue weighted by atomic mass is 35.5. The maximum absolute atomic E-state index is 6.34. The molecule has 0 aliphatic rings. The van der Waals surface area contributed by atoms with Crippen LogP contribution in [0.1, 0.15) is 24.5 Å². The van der Waals surface area contributed by atoms with Crippen molar-refractivity contribution in [3.8, 4) is 0 Å². The summed E-state index contributed by atoms with van der Waals surface area (Å²) in [6, 6.07) is 16.2. The van der Waals surface area contributed by atoms with Crippen molar-refractivity contribution in [1.82, 2.24) is 9.55 Å². The number of aromatic nitrogens is 2. The maximum Gasteiger partial charge on any atom is 0.0946 e. The molecule has 0 saturated carbocycles. The number of nitrogens with zero attached hydrogens (tertiary/aromatic N) is 2. The summed E-state index contributed by atoms with van der Waals surface area (Å²) in [5, 5.41) is 1.62. The van der Waals surface area contributed by atoms with Gasteiger partial charge in [-0.25, -0.2) is 4.98 Å². The van der Waals surface area contributed by atoms with Crippen LogP contribution in [0.15, 0.2) is 67.3 Å². The average molecular weight is 405 g/mol. The molecule has 0 bridgehead atoms. The van der Waals surface area contributed by atoms with Crippen LogP contribution in [0.25, 0.3) is 0 Å². The lowest BCUT2D eigenvalue weighted by molar-refractivity contribution is 0.495. The van der Waals surface area contributed by atoms with Gasteiger partial charge in [0.2, 0.25) is 0 Å². The van der Waals surface area contributed by atoms with E-state index in [1.54, 1.807) is 0 Å². The molecule has 26 heavy (non-hydrogen) atoms. The summed E-state index contributed by atoms with van der Waals surface area (Å²) in [6.07, 6.45) is 7.81. The average Bonchev–Trinajstić information content (AvgIpc) is 3.13. The minimum absolute atomic E-state index is 0.0690. The summed E-state index contributed by atoms with van der Waals surface area (Å²) in [4.78, 5) is 4.18. The Balaban J connectivity index is 1.70. The third kappa shape index (κ3) is 5.54. The van der Waals surface area contributed by atoms with Crippen LogP contribution >= 0.6 is 35.0 Å². The van der Waals surface area contributed by atoms with Crippen molar-refractivity contribution in [3.63, 3.8) is 0 Å². The SMILES string of the molecule is CC(CCc1ccc(Cl)cc1)(Cn1ccnc1)SCc1ccccc1Cl. The molecule has 3 rings (SSSR count). The number of imidazole rings is 1. The summed E-state index contributed by atoms with van der Waals surface area (Å²) in [7, 11) is 0. The molecule has 0 saturated heterocycles. The van der Waals surface area contributed by atoms with E-state index < -0.39 is 0 Å². The number of benzene rings is 2. The van der Waals surface area contributed by atoms with E-state index in [0.29, 0.717) is 0 Å². The van der Waals surface area contributed by atoms with Gasteiger partial charge in [-0.05, 0) is 49.1 Å². The quantitative estimate of drug-likeness (QED) is 0.425. The molecule has 1 heterocycles. The molecule has 5 heteroatoms. The Bertz CT molecular complexity index is 818. The van der Waals surface area contributed by atoms with Gasteiger partial charge in [0.1, 0.15) is 0 Å². The van der Waals surface area contributed by atoms with Crippen LogP contribution in [0.4, 0.5) is 0 Å². The number of hydrogen-bond donors (Lipinski definition) is 0. The number of aryl methyl sites for hydroxylation is 1. The Morgan fingerprint density at radius 3 is 2.54 bits per heavy atom. The maximum atomic E-state index is 6.34. The summed E-state index contributed by atoms with van der Waals surface area (Å²) in [6.45, 7) is 3.24. The van der Waals surface area contributed by atoms with Gasteiger partial charge >= 0.3 is 0 Å². The Kier molecular flexibility index (Phi) is 6.68. The van der Waals surface area contributed by atoms with Gasteiger partial charge in [0.15, 0.2) is 0 Å². The summed E-state index contributed by atoms with van der Waals surface area (Å²) in [5.74, 6) is 0.894. The Labute approximate surface area is 169 Å². The lowest BCUT2D eigenvalue weighted by Crippen LogP contribution is -2.27. The van der Waals surface area contributed by atoms with Crippen molar-refractivity contribution in [2.24, 2.45) is 0 Å². The standard InChI is InChI=1S/C21H22Cl2N2S/c1-21(15-25-13-12-24-16-25,11-10-17-6-8-19(22)9-7-17)26-14-18-4-2-3-5-20(18)23/h2-9,12-13,16H,10-11,14-15H2,1H3. The van der Waals surface area contributed by atoms with Crippen molar-refractivity contribution < 1.29 is 0 Å². The molecule has 0 amide bonds. The van der Waals surface area contributed by atoms with Gasteiger partial charge in [-0.2, -0.15) is 0 Å². The number of hydrogen-bond acceptors (Lipinski definition) is 2. The fraction of sp³-hybridized carbons (Fsp3) is 0.286. The van der Waals surface area contributed by atoms with Gasteiger partial charge in [0, 0.05) is 39.5 Å². The molecule has 0 aliphatic carbocycles. The van der Waals surface area contributed by atoms with E-state index in [-0.39, 0.29) is 4.75 Å². The zero-order chi connectivity index (χ0) is 18.4. The van der Waals surface area contributed by atoms with Crippen molar-refractivity contribution in [2.45, 2.75) is 36.8 Å².